The standard InChI is InChI=1S/C10H15N3/c1-2-8-6-10(12-7-11-8)13-9-4-3-5-9/h6-7,9H,2-5H2,1H3,(H,11,12,13). The molecule has 0 spiro atoms. The van der Waals surface area contributed by atoms with Gasteiger partial charge in [0.25, 0.3) is 0 Å². The quantitative estimate of drug-likeness (QED) is 0.767. The molecular formula is C10H15N3. The molecule has 1 N–H and O–H groups in total. The van der Waals surface area contributed by atoms with Gasteiger partial charge in [-0.2, -0.15) is 0 Å². The summed E-state index contributed by atoms with van der Waals surface area (Å²) in [5.41, 5.74) is 1.11. The highest BCUT2D eigenvalue weighted by atomic mass is 15.0. The van der Waals surface area contributed by atoms with E-state index in [0.29, 0.717) is 6.04 Å². The van der Waals surface area contributed by atoms with Gasteiger partial charge in [0.2, 0.25) is 0 Å². The second kappa shape index (κ2) is 3.73. The third kappa shape index (κ3) is 1.97. The van der Waals surface area contributed by atoms with Crippen molar-refractivity contribution in [2.45, 2.75) is 38.6 Å². The average Bonchev–Trinajstić information content (AvgIpc) is 2.12. The van der Waals surface area contributed by atoms with E-state index >= 15 is 0 Å². The molecule has 0 saturated heterocycles. The molecule has 0 radical (unpaired) electrons. The Morgan fingerprint density at radius 2 is 2.31 bits per heavy atom. The Bertz CT molecular complexity index is 281. The van der Waals surface area contributed by atoms with E-state index in [2.05, 4.69) is 22.2 Å². The van der Waals surface area contributed by atoms with Gasteiger partial charge < -0.3 is 5.32 Å². The molecular weight excluding hydrogens is 162 g/mol. The molecule has 1 aliphatic rings. The number of rotatable bonds is 3. The van der Waals surface area contributed by atoms with Crippen LogP contribution in [0.1, 0.15) is 31.9 Å². The van der Waals surface area contributed by atoms with Crippen molar-refractivity contribution in [3.63, 3.8) is 0 Å². The zero-order chi connectivity index (χ0) is 9.10. The maximum atomic E-state index is 4.19. The summed E-state index contributed by atoms with van der Waals surface area (Å²) in [6, 6.07) is 2.69. The number of hydrogen-bond donors (Lipinski definition) is 1. The smallest absolute Gasteiger partial charge is 0.129 e. The fourth-order valence-corrected chi connectivity index (χ4v) is 1.43. The Kier molecular flexibility index (Phi) is 2.43. The number of aryl methyl sites for hydroxylation is 1. The van der Waals surface area contributed by atoms with E-state index in [1.165, 1.54) is 19.3 Å². The second-order valence-electron chi connectivity index (χ2n) is 3.52. The molecule has 0 bridgehead atoms. The largest absolute Gasteiger partial charge is 0.367 e. The molecule has 2 rings (SSSR count). The van der Waals surface area contributed by atoms with Crippen molar-refractivity contribution in [2.24, 2.45) is 0 Å². The molecule has 0 atom stereocenters. The first-order valence-electron chi connectivity index (χ1n) is 4.96. The van der Waals surface area contributed by atoms with Crippen molar-refractivity contribution >= 4 is 5.82 Å². The second-order valence-corrected chi connectivity index (χ2v) is 3.52. The van der Waals surface area contributed by atoms with Gasteiger partial charge in [0.05, 0.1) is 0 Å². The summed E-state index contributed by atoms with van der Waals surface area (Å²) in [7, 11) is 0. The molecule has 0 aliphatic heterocycles. The number of anilines is 1. The van der Waals surface area contributed by atoms with E-state index in [-0.39, 0.29) is 0 Å². The SMILES string of the molecule is CCc1cc(NC2CCC2)ncn1. The Morgan fingerprint density at radius 3 is 2.92 bits per heavy atom. The van der Waals surface area contributed by atoms with Crippen molar-refractivity contribution in [2.75, 3.05) is 5.32 Å². The van der Waals surface area contributed by atoms with E-state index < -0.39 is 0 Å². The van der Waals surface area contributed by atoms with Crippen LogP contribution in [-0.2, 0) is 6.42 Å². The molecule has 1 heterocycles. The summed E-state index contributed by atoms with van der Waals surface area (Å²) in [5, 5.41) is 3.40. The summed E-state index contributed by atoms with van der Waals surface area (Å²) < 4.78 is 0. The zero-order valence-corrected chi connectivity index (χ0v) is 7.95. The monoisotopic (exact) mass is 177 g/mol. The van der Waals surface area contributed by atoms with Gasteiger partial charge >= 0.3 is 0 Å². The maximum Gasteiger partial charge on any atom is 0.129 e. The molecule has 1 aliphatic carbocycles. The highest BCUT2D eigenvalue weighted by Gasteiger charge is 2.17. The fourth-order valence-electron chi connectivity index (χ4n) is 1.43. The summed E-state index contributed by atoms with van der Waals surface area (Å²) >= 11 is 0. The molecule has 70 valence electrons. The molecule has 1 fully saturated rings. The summed E-state index contributed by atoms with van der Waals surface area (Å²) in [6.07, 6.45) is 6.53. The van der Waals surface area contributed by atoms with E-state index in [4.69, 9.17) is 0 Å². The van der Waals surface area contributed by atoms with E-state index in [1.54, 1.807) is 6.33 Å². The molecule has 3 nitrogen and oxygen atoms in total. The molecule has 0 aromatic carbocycles. The van der Waals surface area contributed by atoms with Gasteiger partial charge in [-0.25, -0.2) is 9.97 Å². The summed E-state index contributed by atoms with van der Waals surface area (Å²) in [6.45, 7) is 2.11. The topological polar surface area (TPSA) is 37.8 Å². The van der Waals surface area contributed by atoms with Crippen molar-refractivity contribution in [1.82, 2.24) is 9.97 Å². The fraction of sp³-hybridized carbons (Fsp3) is 0.600. The van der Waals surface area contributed by atoms with Crippen molar-refractivity contribution in [3.05, 3.63) is 18.1 Å². The Morgan fingerprint density at radius 1 is 1.46 bits per heavy atom. The van der Waals surface area contributed by atoms with Gasteiger partial charge in [0, 0.05) is 17.8 Å². The highest BCUT2D eigenvalue weighted by molar-refractivity contribution is 5.36. The van der Waals surface area contributed by atoms with Crippen LogP contribution in [0.15, 0.2) is 12.4 Å². The van der Waals surface area contributed by atoms with Crippen molar-refractivity contribution < 1.29 is 0 Å². The Hall–Kier alpha value is -1.12. The molecule has 0 amide bonds. The number of hydrogen-bond acceptors (Lipinski definition) is 3. The lowest BCUT2D eigenvalue weighted by Crippen LogP contribution is -2.27. The lowest BCUT2D eigenvalue weighted by Gasteiger charge is -2.26. The Balaban J connectivity index is 2.01. The van der Waals surface area contributed by atoms with Crippen molar-refractivity contribution in [1.29, 1.82) is 0 Å². The minimum atomic E-state index is 0.652. The average molecular weight is 177 g/mol. The lowest BCUT2D eigenvalue weighted by atomic mass is 9.93. The molecule has 1 aromatic heterocycles. The van der Waals surface area contributed by atoms with Crippen LogP contribution >= 0.6 is 0 Å². The minimum absolute atomic E-state index is 0.652. The molecule has 3 heteroatoms. The minimum Gasteiger partial charge on any atom is -0.367 e. The zero-order valence-electron chi connectivity index (χ0n) is 7.95. The van der Waals surface area contributed by atoms with Crippen LogP contribution in [0.5, 0.6) is 0 Å². The molecule has 1 saturated carbocycles. The summed E-state index contributed by atoms with van der Waals surface area (Å²) in [4.78, 5) is 8.34. The third-order valence-electron chi connectivity index (χ3n) is 2.54. The van der Waals surface area contributed by atoms with E-state index in [0.717, 1.165) is 17.9 Å². The van der Waals surface area contributed by atoms with Crippen LogP contribution in [0.2, 0.25) is 0 Å². The van der Waals surface area contributed by atoms with Crippen molar-refractivity contribution in [3.8, 4) is 0 Å². The van der Waals surface area contributed by atoms with Gasteiger partial charge in [0.1, 0.15) is 12.1 Å². The number of nitrogens with zero attached hydrogens (tertiary/aromatic N) is 2. The van der Waals surface area contributed by atoms with Crippen LogP contribution in [-0.4, -0.2) is 16.0 Å². The predicted molar refractivity (Wildman–Crippen MR) is 52.7 cm³/mol. The van der Waals surface area contributed by atoms with Gasteiger partial charge in [-0.15, -0.1) is 0 Å². The van der Waals surface area contributed by atoms with Crippen LogP contribution in [0.25, 0.3) is 0 Å². The van der Waals surface area contributed by atoms with Gasteiger partial charge in [-0.1, -0.05) is 6.92 Å². The van der Waals surface area contributed by atoms with Gasteiger partial charge in [-0.05, 0) is 25.7 Å². The lowest BCUT2D eigenvalue weighted by molar-refractivity contribution is 0.444. The van der Waals surface area contributed by atoms with Gasteiger partial charge in [0.15, 0.2) is 0 Å². The molecule has 0 unspecified atom stereocenters. The highest BCUT2D eigenvalue weighted by Crippen LogP contribution is 2.22. The van der Waals surface area contributed by atoms with Crippen LogP contribution in [0, 0.1) is 0 Å². The predicted octanol–water partition coefficient (Wildman–Crippen LogP) is 2.00. The third-order valence-corrected chi connectivity index (χ3v) is 2.54. The van der Waals surface area contributed by atoms with Crippen LogP contribution in [0.3, 0.4) is 0 Å². The first-order chi connectivity index (χ1) is 6.38. The summed E-state index contributed by atoms with van der Waals surface area (Å²) in [5.74, 6) is 0.983. The normalized spacial score (nSPS) is 16.7. The van der Waals surface area contributed by atoms with Gasteiger partial charge in [-0.3, -0.25) is 0 Å². The van der Waals surface area contributed by atoms with Crippen LogP contribution in [0.4, 0.5) is 5.82 Å². The first-order valence-corrected chi connectivity index (χ1v) is 4.96. The van der Waals surface area contributed by atoms with E-state index in [9.17, 15) is 0 Å². The van der Waals surface area contributed by atoms with E-state index in [1.807, 2.05) is 6.07 Å². The maximum absolute atomic E-state index is 4.19. The Labute approximate surface area is 78.6 Å². The number of aromatic nitrogens is 2. The first kappa shape index (κ1) is 8.48. The number of nitrogens with one attached hydrogen (secondary N) is 1. The van der Waals surface area contributed by atoms with Crippen LogP contribution < -0.4 is 5.32 Å². The molecule has 1 aromatic rings. The molecule has 13 heavy (non-hydrogen) atoms.